The second-order valence-corrected chi connectivity index (χ2v) is 8.43. The second kappa shape index (κ2) is 11.7. The van der Waals surface area contributed by atoms with Crippen LogP contribution in [0.2, 0.25) is 0 Å². The van der Waals surface area contributed by atoms with Gasteiger partial charge >= 0.3 is 0 Å². The van der Waals surface area contributed by atoms with Gasteiger partial charge < -0.3 is 14.8 Å². The van der Waals surface area contributed by atoms with Gasteiger partial charge in [-0.3, -0.25) is 14.7 Å². The van der Waals surface area contributed by atoms with Crippen LogP contribution >= 0.6 is 0 Å². The van der Waals surface area contributed by atoms with Crippen molar-refractivity contribution in [1.82, 2.24) is 15.2 Å². The number of nitrogens with one attached hydrogen (secondary N) is 1. The van der Waals surface area contributed by atoms with Gasteiger partial charge in [-0.05, 0) is 30.7 Å². The first-order valence-electron chi connectivity index (χ1n) is 11.6. The van der Waals surface area contributed by atoms with Gasteiger partial charge in [0.05, 0.1) is 19.6 Å². The average Bonchev–Trinajstić information content (AvgIpc) is 2.85. The molecule has 6 nitrogen and oxygen atoms in total. The van der Waals surface area contributed by atoms with Gasteiger partial charge in [0.15, 0.2) is 0 Å². The van der Waals surface area contributed by atoms with E-state index in [-0.39, 0.29) is 18.1 Å². The maximum Gasteiger partial charge on any atom is 0.226 e. The Morgan fingerprint density at radius 1 is 1.21 bits per heavy atom. The number of rotatable bonds is 9. The molecule has 0 bridgehead atoms. The van der Waals surface area contributed by atoms with Crippen LogP contribution in [0.5, 0.6) is 5.75 Å². The topological polar surface area (TPSA) is 63.7 Å². The summed E-state index contributed by atoms with van der Waals surface area (Å²) in [4.78, 5) is 18.9. The average molecular weight is 464 g/mol. The highest BCUT2D eigenvalue weighted by atomic mass is 19.1. The molecule has 1 aromatic heterocycles. The van der Waals surface area contributed by atoms with Crippen LogP contribution in [0.25, 0.3) is 11.1 Å². The van der Waals surface area contributed by atoms with E-state index in [4.69, 9.17) is 9.47 Å². The highest BCUT2D eigenvalue weighted by molar-refractivity contribution is 5.78. The Morgan fingerprint density at radius 3 is 2.79 bits per heavy atom. The lowest BCUT2D eigenvalue weighted by Gasteiger charge is -2.32. The van der Waals surface area contributed by atoms with E-state index in [1.54, 1.807) is 30.5 Å². The van der Waals surface area contributed by atoms with Gasteiger partial charge in [0.25, 0.3) is 0 Å². The fourth-order valence-corrected chi connectivity index (χ4v) is 3.91. The number of morpholine rings is 1. The van der Waals surface area contributed by atoms with E-state index in [0.29, 0.717) is 41.8 Å². The van der Waals surface area contributed by atoms with Crippen LogP contribution in [0.4, 0.5) is 4.39 Å². The zero-order valence-corrected chi connectivity index (χ0v) is 19.4. The highest BCUT2D eigenvalue weighted by Crippen LogP contribution is 2.26. The van der Waals surface area contributed by atoms with Gasteiger partial charge in [-0.15, -0.1) is 0 Å². The largest absolute Gasteiger partial charge is 0.492 e. The van der Waals surface area contributed by atoms with Gasteiger partial charge in [-0.2, -0.15) is 0 Å². The lowest BCUT2D eigenvalue weighted by molar-refractivity contribution is -0.120. The van der Waals surface area contributed by atoms with Gasteiger partial charge in [0.1, 0.15) is 18.2 Å². The van der Waals surface area contributed by atoms with E-state index in [9.17, 15) is 9.18 Å². The van der Waals surface area contributed by atoms with Gasteiger partial charge in [-0.1, -0.05) is 36.4 Å². The predicted molar refractivity (Wildman–Crippen MR) is 129 cm³/mol. The Labute approximate surface area is 199 Å². The number of hydrogen-bond acceptors (Lipinski definition) is 5. The highest BCUT2D eigenvalue weighted by Gasteiger charge is 2.18. The van der Waals surface area contributed by atoms with Crippen LogP contribution < -0.4 is 10.1 Å². The number of carbonyl (C=O) groups excluding carboxylic acids is 1. The van der Waals surface area contributed by atoms with Crippen LogP contribution in [-0.2, 0) is 22.5 Å². The van der Waals surface area contributed by atoms with Crippen LogP contribution in [0.15, 0.2) is 66.9 Å². The van der Waals surface area contributed by atoms with Crippen LogP contribution in [0.3, 0.4) is 0 Å². The second-order valence-electron chi connectivity index (χ2n) is 8.43. The molecule has 0 unspecified atom stereocenters. The molecule has 0 radical (unpaired) electrons. The van der Waals surface area contributed by atoms with Gasteiger partial charge in [0.2, 0.25) is 5.91 Å². The number of amides is 1. The van der Waals surface area contributed by atoms with Crippen LogP contribution in [-0.4, -0.2) is 54.7 Å². The SMILES string of the molecule is C[C@@H]1COCCN1CCOc1ccc(-c2ccc(CC(=O)NCc3ccccc3)nc2)c(F)c1. The number of pyridine rings is 1. The Bertz CT molecular complexity index is 1080. The molecule has 1 saturated heterocycles. The summed E-state index contributed by atoms with van der Waals surface area (Å²) in [5, 5.41) is 2.89. The van der Waals surface area contributed by atoms with Crippen LogP contribution in [0.1, 0.15) is 18.2 Å². The fraction of sp³-hybridized carbons (Fsp3) is 0.333. The Balaban J connectivity index is 1.28. The quantitative estimate of drug-likeness (QED) is 0.522. The summed E-state index contributed by atoms with van der Waals surface area (Å²) >= 11 is 0. The minimum absolute atomic E-state index is 0.108. The third-order valence-corrected chi connectivity index (χ3v) is 5.90. The minimum Gasteiger partial charge on any atom is -0.492 e. The van der Waals surface area contributed by atoms with Crippen molar-refractivity contribution < 1.29 is 18.7 Å². The number of benzene rings is 2. The van der Waals surface area contributed by atoms with Crippen molar-refractivity contribution >= 4 is 5.91 Å². The van der Waals surface area contributed by atoms with Crippen molar-refractivity contribution in [2.75, 3.05) is 32.9 Å². The molecule has 4 rings (SSSR count). The summed E-state index contributed by atoms with van der Waals surface area (Å²) in [6.07, 6.45) is 1.77. The molecule has 0 spiro atoms. The Kier molecular flexibility index (Phi) is 8.22. The van der Waals surface area contributed by atoms with E-state index >= 15 is 0 Å². The lowest BCUT2D eigenvalue weighted by atomic mass is 10.1. The summed E-state index contributed by atoms with van der Waals surface area (Å²) in [5.74, 6) is 0.0254. The van der Waals surface area contributed by atoms with Crippen molar-refractivity contribution in [3.8, 4) is 16.9 Å². The number of nitrogens with zero attached hydrogens (tertiary/aromatic N) is 2. The Hall–Kier alpha value is -3.29. The zero-order valence-electron chi connectivity index (χ0n) is 19.4. The van der Waals surface area contributed by atoms with E-state index < -0.39 is 0 Å². The molecule has 1 aliphatic rings. The van der Waals surface area contributed by atoms with Crippen molar-refractivity contribution in [3.05, 3.63) is 83.9 Å². The smallest absolute Gasteiger partial charge is 0.226 e. The molecule has 0 saturated carbocycles. The van der Waals surface area contributed by atoms with Crippen molar-refractivity contribution in [2.45, 2.75) is 25.9 Å². The Morgan fingerprint density at radius 2 is 2.06 bits per heavy atom. The number of carbonyl (C=O) groups is 1. The molecule has 2 heterocycles. The summed E-state index contributed by atoms with van der Waals surface area (Å²) in [6, 6.07) is 18.5. The standard InChI is InChI=1S/C27H30FN3O3/c1-20-19-33-13-11-31(20)12-14-34-24-9-10-25(26(28)16-24)22-7-8-23(29-18-22)15-27(32)30-17-21-5-3-2-4-6-21/h2-10,16,18,20H,11-15,17,19H2,1H3,(H,30,32)/t20-/m1/s1. The van der Waals surface area contributed by atoms with Crippen molar-refractivity contribution in [3.63, 3.8) is 0 Å². The molecule has 7 heteroatoms. The number of halogens is 1. The maximum absolute atomic E-state index is 14.8. The summed E-state index contributed by atoms with van der Waals surface area (Å²) < 4.78 is 26.0. The predicted octanol–water partition coefficient (Wildman–Crippen LogP) is 3.85. The first-order valence-corrected chi connectivity index (χ1v) is 11.6. The minimum atomic E-state index is -0.368. The molecule has 0 aliphatic carbocycles. The van der Waals surface area contributed by atoms with Crippen LogP contribution in [0, 0.1) is 5.82 Å². The monoisotopic (exact) mass is 463 g/mol. The molecular weight excluding hydrogens is 433 g/mol. The summed E-state index contributed by atoms with van der Waals surface area (Å²) in [6.45, 7) is 6.22. The molecule has 178 valence electrons. The lowest BCUT2D eigenvalue weighted by Crippen LogP contribution is -2.45. The zero-order chi connectivity index (χ0) is 23.8. The summed E-state index contributed by atoms with van der Waals surface area (Å²) in [7, 11) is 0. The van der Waals surface area contributed by atoms with E-state index in [0.717, 1.165) is 31.9 Å². The first kappa shape index (κ1) is 23.9. The molecular formula is C27H30FN3O3. The number of aromatic nitrogens is 1. The molecule has 1 atom stereocenters. The molecule has 3 aromatic rings. The normalized spacial score (nSPS) is 16.2. The van der Waals surface area contributed by atoms with Crippen molar-refractivity contribution in [1.29, 1.82) is 0 Å². The van der Waals surface area contributed by atoms with Gasteiger partial charge in [0, 0.05) is 54.8 Å². The number of ether oxygens (including phenoxy) is 2. The molecule has 2 aromatic carbocycles. The molecule has 1 N–H and O–H groups in total. The molecule has 1 aliphatic heterocycles. The summed E-state index contributed by atoms with van der Waals surface area (Å²) in [5.41, 5.74) is 2.77. The van der Waals surface area contributed by atoms with E-state index in [1.807, 2.05) is 30.3 Å². The molecule has 34 heavy (non-hydrogen) atoms. The maximum atomic E-state index is 14.8. The fourth-order valence-electron chi connectivity index (χ4n) is 3.91. The first-order chi connectivity index (χ1) is 16.6. The third kappa shape index (κ3) is 6.62. The van der Waals surface area contributed by atoms with Crippen molar-refractivity contribution in [2.24, 2.45) is 0 Å². The third-order valence-electron chi connectivity index (χ3n) is 5.90. The number of hydrogen-bond donors (Lipinski definition) is 1. The molecule has 1 fully saturated rings. The van der Waals surface area contributed by atoms with E-state index in [2.05, 4.69) is 22.1 Å². The van der Waals surface area contributed by atoms with Gasteiger partial charge in [-0.25, -0.2) is 4.39 Å². The van der Waals surface area contributed by atoms with E-state index in [1.165, 1.54) is 6.07 Å². The molecule has 1 amide bonds.